The van der Waals surface area contributed by atoms with Crippen LogP contribution in [0.1, 0.15) is 29.7 Å². The fraction of sp³-hybridized carbons (Fsp3) is 0.200. The van der Waals surface area contributed by atoms with Crippen LogP contribution in [0.4, 0.5) is 11.4 Å². The van der Waals surface area contributed by atoms with Crippen LogP contribution >= 0.6 is 11.8 Å². The number of methoxy groups -OCH3 is 2. The molecule has 3 aromatic rings. The van der Waals surface area contributed by atoms with Crippen molar-refractivity contribution in [2.45, 2.75) is 23.5 Å². The van der Waals surface area contributed by atoms with Crippen molar-refractivity contribution in [2.75, 3.05) is 19.5 Å². The summed E-state index contributed by atoms with van der Waals surface area (Å²) >= 11 is 1.78. The predicted molar refractivity (Wildman–Crippen MR) is 126 cm³/mol. The third-order valence-electron chi connectivity index (χ3n) is 5.07. The summed E-state index contributed by atoms with van der Waals surface area (Å²) < 4.78 is 11.1. The van der Waals surface area contributed by atoms with Gasteiger partial charge < -0.3 is 14.8 Å². The van der Waals surface area contributed by atoms with Gasteiger partial charge in [-0.2, -0.15) is 0 Å². The molecule has 0 aromatic heterocycles. The van der Waals surface area contributed by atoms with Gasteiger partial charge in [-0.25, -0.2) is 0 Å². The number of carbonyl (C=O) groups is 1. The van der Waals surface area contributed by atoms with E-state index in [1.807, 2.05) is 54.6 Å². The van der Waals surface area contributed by atoms with Gasteiger partial charge in [0.05, 0.1) is 19.9 Å². The molecule has 0 fully saturated rings. The van der Waals surface area contributed by atoms with Gasteiger partial charge in [0.15, 0.2) is 0 Å². The van der Waals surface area contributed by atoms with E-state index in [9.17, 15) is 4.79 Å². The van der Waals surface area contributed by atoms with Crippen LogP contribution in [0.25, 0.3) is 0 Å². The van der Waals surface area contributed by atoms with Gasteiger partial charge in [0, 0.05) is 46.5 Å². The lowest BCUT2D eigenvalue weighted by Crippen LogP contribution is -2.09. The fourth-order valence-electron chi connectivity index (χ4n) is 3.63. The van der Waals surface area contributed by atoms with Crippen LogP contribution in [0.2, 0.25) is 0 Å². The average molecular weight is 433 g/mol. The average Bonchev–Trinajstić information content (AvgIpc) is 2.98. The molecule has 6 heteroatoms. The number of carbonyl (C=O) groups excluding carboxylic acids is 1. The van der Waals surface area contributed by atoms with Crippen molar-refractivity contribution in [1.29, 1.82) is 0 Å². The largest absolute Gasteiger partial charge is 0.497 e. The Balaban J connectivity index is 1.78. The maximum Gasteiger partial charge on any atom is 0.221 e. The Labute approximate surface area is 186 Å². The molecule has 1 N–H and O–H groups in total. The summed E-state index contributed by atoms with van der Waals surface area (Å²) in [5.41, 5.74) is 4.75. The molecule has 1 heterocycles. The van der Waals surface area contributed by atoms with Crippen molar-refractivity contribution in [3.63, 3.8) is 0 Å². The molecule has 1 atom stereocenters. The van der Waals surface area contributed by atoms with E-state index in [2.05, 4.69) is 17.4 Å². The molecule has 0 saturated heterocycles. The number of rotatable bonds is 5. The maximum atomic E-state index is 11.5. The molecular formula is C25H24N2O3S. The first-order valence-electron chi connectivity index (χ1n) is 10.0. The summed E-state index contributed by atoms with van der Waals surface area (Å²) in [4.78, 5) is 17.6. The molecule has 0 radical (unpaired) electrons. The summed E-state index contributed by atoms with van der Waals surface area (Å²) in [6.45, 7) is 1.51. The van der Waals surface area contributed by atoms with Gasteiger partial charge in [-0.3, -0.25) is 9.79 Å². The monoisotopic (exact) mass is 432 g/mol. The number of aliphatic imine (C=N–C) groups is 1. The molecule has 158 valence electrons. The molecule has 5 nitrogen and oxygen atoms in total. The number of ether oxygens (including phenoxy) is 2. The van der Waals surface area contributed by atoms with Crippen LogP contribution in [0.15, 0.2) is 76.6 Å². The zero-order valence-corrected chi connectivity index (χ0v) is 18.5. The summed E-state index contributed by atoms with van der Waals surface area (Å²) in [5.74, 6) is 1.46. The number of nitrogens with one attached hydrogen (secondary N) is 1. The quantitative estimate of drug-likeness (QED) is 0.536. The molecular weight excluding hydrogens is 408 g/mol. The SMILES string of the molecule is COc1ccc([C@H]2CC(c3cccc(NC(C)=O)c3)=Nc3ccccc3S2)c(OC)c1. The van der Waals surface area contributed by atoms with E-state index in [1.54, 1.807) is 26.0 Å². The summed E-state index contributed by atoms with van der Waals surface area (Å²) in [6, 6.07) is 21.9. The fourth-order valence-corrected chi connectivity index (χ4v) is 4.89. The molecule has 4 rings (SSSR count). The highest BCUT2D eigenvalue weighted by Gasteiger charge is 2.25. The van der Waals surface area contributed by atoms with Crippen molar-refractivity contribution in [3.05, 3.63) is 77.9 Å². The Morgan fingerprint density at radius 2 is 1.87 bits per heavy atom. The van der Waals surface area contributed by atoms with Crippen LogP contribution in [0.5, 0.6) is 11.5 Å². The number of hydrogen-bond acceptors (Lipinski definition) is 5. The first-order valence-corrected chi connectivity index (χ1v) is 10.9. The highest BCUT2D eigenvalue weighted by molar-refractivity contribution is 7.99. The summed E-state index contributed by atoms with van der Waals surface area (Å²) in [6.07, 6.45) is 0.714. The lowest BCUT2D eigenvalue weighted by atomic mass is 10.00. The van der Waals surface area contributed by atoms with Gasteiger partial charge in [0.2, 0.25) is 5.91 Å². The van der Waals surface area contributed by atoms with Crippen LogP contribution in [0, 0.1) is 0 Å². The number of fused-ring (bicyclic) bond motifs is 1. The minimum absolute atomic E-state index is 0.0956. The van der Waals surface area contributed by atoms with Gasteiger partial charge in [-0.15, -0.1) is 11.8 Å². The van der Waals surface area contributed by atoms with Crippen LogP contribution in [-0.2, 0) is 4.79 Å². The van der Waals surface area contributed by atoms with E-state index in [1.165, 1.54) is 6.92 Å². The standard InChI is InChI=1S/C25H24N2O3S/c1-16(28)26-18-8-6-7-17(13-18)22-15-25(31-24-10-5-4-9-21(24)27-22)20-12-11-19(29-2)14-23(20)30-3/h4-14,25H,15H2,1-3H3,(H,26,28)/t25-/m1/s1. The van der Waals surface area contributed by atoms with E-state index in [0.717, 1.165) is 44.6 Å². The number of hydrogen-bond donors (Lipinski definition) is 1. The van der Waals surface area contributed by atoms with Gasteiger partial charge in [0.25, 0.3) is 0 Å². The molecule has 0 spiro atoms. The van der Waals surface area contributed by atoms with E-state index in [0.29, 0.717) is 6.42 Å². The lowest BCUT2D eigenvalue weighted by molar-refractivity contribution is -0.114. The van der Waals surface area contributed by atoms with Gasteiger partial charge in [-0.05, 0) is 35.9 Å². The number of para-hydroxylation sites is 1. The molecule has 1 amide bonds. The topological polar surface area (TPSA) is 59.9 Å². The Morgan fingerprint density at radius 3 is 2.65 bits per heavy atom. The van der Waals surface area contributed by atoms with Crippen molar-refractivity contribution >= 4 is 34.8 Å². The van der Waals surface area contributed by atoms with Crippen LogP contribution in [0.3, 0.4) is 0 Å². The highest BCUT2D eigenvalue weighted by atomic mass is 32.2. The second-order valence-electron chi connectivity index (χ2n) is 7.21. The second-order valence-corrected chi connectivity index (χ2v) is 8.45. The van der Waals surface area contributed by atoms with Crippen LogP contribution < -0.4 is 14.8 Å². The zero-order chi connectivity index (χ0) is 21.8. The maximum absolute atomic E-state index is 11.5. The molecule has 0 unspecified atom stereocenters. The molecule has 1 aliphatic rings. The van der Waals surface area contributed by atoms with Gasteiger partial charge in [-0.1, -0.05) is 30.3 Å². The summed E-state index contributed by atoms with van der Waals surface area (Å²) in [5, 5.41) is 2.96. The van der Waals surface area contributed by atoms with E-state index in [4.69, 9.17) is 14.5 Å². The van der Waals surface area contributed by atoms with Crippen molar-refractivity contribution < 1.29 is 14.3 Å². The molecule has 0 aliphatic carbocycles. The van der Waals surface area contributed by atoms with E-state index < -0.39 is 0 Å². The van der Waals surface area contributed by atoms with Crippen molar-refractivity contribution in [2.24, 2.45) is 4.99 Å². The van der Waals surface area contributed by atoms with Crippen LogP contribution in [-0.4, -0.2) is 25.8 Å². The van der Waals surface area contributed by atoms with E-state index >= 15 is 0 Å². The Kier molecular flexibility index (Phi) is 6.28. The van der Waals surface area contributed by atoms with Crippen molar-refractivity contribution in [1.82, 2.24) is 0 Å². The first-order chi connectivity index (χ1) is 15.1. The first kappa shape index (κ1) is 21.0. The Hall–Kier alpha value is -3.25. The van der Waals surface area contributed by atoms with E-state index in [-0.39, 0.29) is 11.2 Å². The zero-order valence-electron chi connectivity index (χ0n) is 17.7. The lowest BCUT2D eigenvalue weighted by Gasteiger charge is -2.19. The second kappa shape index (κ2) is 9.27. The highest BCUT2D eigenvalue weighted by Crippen LogP contribution is 2.48. The molecule has 0 bridgehead atoms. The molecule has 3 aromatic carbocycles. The number of anilines is 1. The Bertz CT molecular complexity index is 1140. The number of benzene rings is 3. The smallest absolute Gasteiger partial charge is 0.221 e. The Morgan fingerprint density at radius 1 is 1.03 bits per heavy atom. The third-order valence-corrected chi connectivity index (χ3v) is 6.38. The number of thioether (sulfide) groups is 1. The van der Waals surface area contributed by atoms with Gasteiger partial charge in [0.1, 0.15) is 11.5 Å². The predicted octanol–water partition coefficient (Wildman–Crippen LogP) is 6.02. The molecule has 31 heavy (non-hydrogen) atoms. The number of amides is 1. The molecule has 1 aliphatic heterocycles. The minimum Gasteiger partial charge on any atom is -0.497 e. The minimum atomic E-state index is -0.0956. The molecule has 0 saturated carbocycles. The normalized spacial score (nSPS) is 15.3. The third kappa shape index (κ3) is 4.75. The summed E-state index contributed by atoms with van der Waals surface area (Å²) in [7, 11) is 3.33. The van der Waals surface area contributed by atoms with Gasteiger partial charge >= 0.3 is 0 Å². The number of nitrogens with zero attached hydrogens (tertiary/aromatic N) is 1. The van der Waals surface area contributed by atoms with Crippen molar-refractivity contribution in [3.8, 4) is 11.5 Å².